The molecule has 0 heterocycles. The largest absolute Gasteiger partial charge is 0.472 e. The number of phosphoric acid groups is 2. The van der Waals surface area contributed by atoms with Crippen molar-refractivity contribution in [3.8, 4) is 0 Å². The standard InChI is InChI=1S/C72H140O17P2/c1-9-64(7)50-42-34-26-21-22-28-39-47-55-72(77)89-67(58-82-69(74)52-44-36-29-23-25-33-41-49-63(5)6)60-86-90(78,79)84-56-66(73)57-85-91(80,81)87-61-68(59-83-70(75)53-45-37-31-30-35-43-51-65(8)10-2)88-71(76)54-46-38-27-20-18-16-14-12-11-13-15-17-19-24-32-40-48-62(3)4/h62-68,73H,9-61H2,1-8H3,(H,78,79)(H,80,81)/t64?,65?,66-,67-,68-/m1/s1. The topological polar surface area (TPSA) is 237 Å². The molecule has 91 heavy (non-hydrogen) atoms. The molecule has 0 aliphatic heterocycles. The minimum absolute atomic E-state index is 0.104. The first-order valence-electron chi connectivity index (χ1n) is 37.3. The molecule has 0 rings (SSSR count). The van der Waals surface area contributed by atoms with Crippen molar-refractivity contribution in [3.63, 3.8) is 0 Å². The number of ether oxygens (including phenoxy) is 4. The van der Waals surface area contributed by atoms with Crippen LogP contribution >= 0.6 is 15.6 Å². The number of aliphatic hydroxyl groups is 1. The van der Waals surface area contributed by atoms with Crippen molar-refractivity contribution in [3.05, 3.63) is 0 Å². The fraction of sp³-hybridized carbons (Fsp3) is 0.944. The van der Waals surface area contributed by atoms with E-state index >= 15 is 0 Å². The number of rotatable bonds is 69. The van der Waals surface area contributed by atoms with Crippen molar-refractivity contribution >= 4 is 39.5 Å². The molecule has 540 valence electrons. The van der Waals surface area contributed by atoms with Crippen LogP contribution in [-0.4, -0.2) is 96.7 Å². The van der Waals surface area contributed by atoms with Gasteiger partial charge in [0.15, 0.2) is 12.2 Å². The van der Waals surface area contributed by atoms with Crippen molar-refractivity contribution in [2.75, 3.05) is 39.6 Å². The van der Waals surface area contributed by atoms with Gasteiger partial charge in [-0.05, 0) is 49.4 Å². The molecular formula is C72H140O17P2. The molecule has 0 saturated carbocycles. The van der Waals surface area contributed by atoms with E-state index in [0.717, 1.165) is 120 Å². The Labute approximate surface area is 556 Å². The normalized spacial score (nSPS) is 14.8. The van der Waals surface area contributed by atoms with Gasteiger partial charge in [0.05, 0.1) is 26.4 Å². The summed E-state index contributed by atoms with van der Waals surface area (Å²) in [5, 5.41) is 10.6. The highest BCUT2D eigenvalue weighted by Crippen LogP contribution is 2.45. The van der Waals surface area contributed by atoms with Crippen LogP contribution in [0.5, 0.6) is 0 Å². The molecule has 0 bridgehead atoms. The Morgan fingerprint density at radius 1 is 0.308 bits per heavy atom. The Hall–Kier alpha value is -1.94. The molecule has 3 N–H and O–H groups in total. The molecule has 0 amide bonds. The maximum Gasteiger partial charge on any atom is 0.472 e. The predicted molar refractivity (Wildman–Crippen MR) is 367 cm³/mol. The van der Waals surface area contributed by atoms with E-state index in [2.05, 4.69) is 55.4 Å². The van der Waals surface area contributed by atoms with Gasteiger partial charge in [0, 0.05) is 25.7 Å². The van der Waals surface area contributed by atoms with Crippen molar-refractivity contribution in [2.45, 2.75) is 375 Å². The summed E-state index contributed by atoms with van der Waals surface area (Å²) in [5.74, 6) is 0.884. The number of phosphoric ester groups is 2. The van der Waals surface area contributed by atoms with Gasteiger partial charge in [0.25, 0.3) is 0 Å². The van der Waals surface area contributed by atoms with Gasteiger partial charge in [-0.15, -0.1) is 0 Å². The highest BCUT2D eigenvalue weighted by molar-refractivity contribution is 7.47. The SMILES string of the molecule is CCC(C)CCCCCCCCCCC(=O)O[C@H](COC(=O)CCCCCCCCCC(C)C)COP(=O)(O)OC[C@@H](O)COP(=O)(O)OC[C@@H](COC(=O)CCCCCCCCC(C)CC)OC(=O)CCCCCCCCCCCCCCCCCCC(C)C. The van der Waals surface area contributed by atoms with Crippen molar-refractivity contribution < 1.29 is 80.2 Å². The summed E-state index contributed by atoms with van der Waals surface area (Å²) in [5.41, 5.74) is 0. The van der Waals surface area contributed by atoms with E-state index in [1.807, 2.05) is 0 Å². The van der Waals surface area contributed by atoms with E-state index in [9.17, 15) is 43.2 Å². The van der Waals surface area contributed by atoms with Gasteiger partial charge >= 0.3 is 39.5 Å². The minimum atomic E-state index is -4.95. The Morgan fingerprint density at radius 2 is 0.527 bits per heavy atom. The third-order valence-corrected chi connectivity index (χ3v) is 19.2. The van der Waals surface area contributed by atoms with Crippen LogP contribution < -0.4 is 0 Å². The van der Waals surface area contributed by atoms with Gasteiger partial charge in [0.1, 0.15) is 19.3 Å². The summed E-state index contributed by atoms with van der Waals surface area (Å²) in [6.45, 7) is 14.1. The molecule has 4 unspecified atom stereocenters. The van der Waals surface area contributed by atoms with Crippen molar-refractivity contribution in [1.29, 1.82) is 0 Å². The smallest absolute Gasteiger partial charge is 0.462 e. The lowest BCUT2D eigenvalue weighted by molar-refractivity contribution is -0.161. The Bertz CT molecular complexity index is 1800. The summed E-state index contributed by atoms with van der Waals surface area (Å²) in [6, 6.07) is 0. The zero-order valence-corrected chi connectivity index (χ0v) is 61.3. The van der Waals surface area contributed by atoms with Crippen LogP contribution in [0, 0.1) is 23.7 Å². The number of hydrogen-bond acceptors (Lipinski definition) is 15. The lowest BCUT2D eigenvalue weighted by atomic mass is 9.99. The maximum absolute atomic E-state index is 13.0. The van der Waals surface area contributed by atoms with E-state index < -0.39 is 97.5 Å². The minimum Gasteiger partial charge on any atom is -0.462 e. The van der Waals surface area contributed by atoms with Crippen LogP contribution in [0.1, 0.15) is 357 Å². The van der Waals surface area contributed by atoms with Crippen LogP contribution in [0.15, 0.2) is 0 Å². The number of hydrogen-bond donors (Lipinski definition) is 3. The van der Waals surface area contributed by atoms with Gasteiger partial charge in [-0.1, -0.05) is 306 Å². The molecule has 7 atom stereocenters. The summed E-state index contributed by atoms with van der Waals surface area (Å²) in [6.07, 6.45) is 44.6. The molecule has 0 aromatic rings. The van der Waals surface area contributed by atoms with Crippen LogP contribution in [0.25, 0.3) is 0 Å². The van der Waals surface area contributed by atoms with Gasteiger partial charge in [-0.25, -0.2) is 9.13 Å². The first kappa shape index (κ1) is 89.1. The molecular weight excluding hydrogens is 1200 g/mol. The van der Waals surface area contributed by atoms with E-state index in [1.165, 1.54) is 148 Å². The zero-order chi connectivity index (χ0) is 67.5. The molecule has 0 saturated heterocycles. The predicted octanol–water partition coefficient (Wildman–Crippen LogP) is 20.5. The Balaban J connectivity index is 5.21. The van der Waals surface area contributed by atoms with Crippen LogP contribution in [0.3, 0.4) is 0 Å². The first-order chi connectivity index (χ1) is 43.7. The third kappa shape index (κ3) is 63.9. The van der Waals surface area contributed by atoms with E-state index in [0.29, 0.717) is 31.6 Å². The molecule has 0 aromatic carbocycles. The number of esters is 4. The van der Waals surface area contributed by atoms with Gasteiger partial charge < -0.3 is 33.8 Å². The number of carbonyl (C=O) groups is 4. The van der Waals surface area contributed by atoms with E-state index in [1.54, 1.807) is 0 Å². The molecule has 0 radical (unpaired) electrons. The lowest BCUT2D eigenvalue weighted by Crippen LogP contribution is -2.30. The number of aliphatic hydroxyl groups excluding tert-OH is 1. The van der Waals surface area contributed by atoms with Crippen LogP contribution in [0.4, 0.5) is 0 Å². The monoisotopic (exact) mass is 1340 g/mol. The van der Waals surface area contributed by atoms with Gasteiger partial charge in [0.2, 0.25) is 0 Å². The average molecular weight is 1340 g/mol. The number of carbonyl (C=O) groups excluding carboxylic acids is 4. The second kappa shape index (κ2) is 61.6. The Morgan fingerprint density at radius 3 is 0.780 bits per heavy atom. The molecule has 0 spiro atoms. The quantitative estimate of drug-likeness (QED) is 0.0222. The lowest BCUT2D eigenvalue weighted by Gasteiger charge is -2.21. The first-order valence-corrected chi connectivity index (χ1v) is 40.3. The Kier molecular flexibility index (Phi) is 60.3. The summed E-state index contributed by atoms with van der Waals surface area (Å²) >= 11 is 0. The summed E-state index contributed by atoms with van der Waals surface area (Å²) in [4.78, 5) is 72.6. The fourth-order valence-electron chi connectivity index (χ4n) is 10.8. The zero-order valence-electron chi connectivity index (χ0n) is 59.5. The second-order valence-electron chi connectivity index (χ2n) is 27.4. The molecule has 0 aliphatic carbocycles. The maximum atomic E-state index is 13.0. The second-order valence-corrected chi connectivity index (χ2v) is 30.3. The fourth-order valence-corrected chi connectivity index (χ4v) is 12.4. The van der Waals surface area contributed by atoms with Crippen LogP contribution in [-0.2, 0) is 65.4 Å². The number of unbranched alkanes of at least 4 members (excludes halogenated alkanes) is 33. The molecule has 0 aromatic heterocycles. The molecule has 0 aliphatic rings. The average Bonchev–Trinajstić information content (AvgIpc) is 3.68. The van der Waals surface area contributed by atoms with Gasteiger partial charge in [-0.2, -0.15) is 0 Å². The highest BCUT2D eigenvalue weighted by atomic mass is 31.2. The molecule has 19 heteroatoms. The molecule has 0 fully saturated rings. The van der Waals surface area contributed by atoms with E-state index in [-0.39, 0.29) is 25.7 Å². The van der Waals surface area contributed by atoms with Crippen molar-refractivity contribution in [1.82, 2.24) is 0 Å². The summed E-state index contributed by atoms with van der Waals surface area (Å²) < 4.78 is 68.3. The van der Waals surface area contributed by atoms with E-state index in [4.69, 9.17) is 37.0 Å². The molecule has 17 nitrogen and oxygen atoms in total. The van der Waals surface area contributed by atoms with Gasteiger partial charge in [-0.3, -0.25) is 37.3 Å². The summed E-state index contributed by atoms with van der Waals surface area (Å²) in [7, 11) is -9.91. The van der Waals surface area contributed by atoms with Crippen LogP contribution in [0.2, 0.25) is 0 Å². The third-order valence-electron chi connectivity index (χ3n) is 17.3. The van der Waals surface area contributed by atoms with Crippen molar-refractivity contribution in [2.24, 2.45) is 23.7 Å². The highest BCUT2D eigenvalue weighted by Gasteiger charge is 2.30.